The van der Waals surface area contributed by atoms with Crippen LogP contribution in [0.15, 0.2) is 35.3 Å². The van der Waals surface area contributed by atoms with Gasteiger partial charge in [0.1, 0.15) is 36.5 Å². The van der Waals surface area contributed by atoms with Gasteiger partial charge in [0.2, 0.25) is 27.8 Å². The molecular formula is C40H62N6O12S. The Morgan fingerprint density at radius 2 is 1.41 bits per heavy atom. The SMILES string of the molecule is CC(C)C(=O)OCC(C)(C)OC(=O)N=C(NC(=O)OC(C)(C)COC(=O)C(C)C)N1CCC(CN([C@H](Cc2ccccc2)C(=O)N2CCC[C@H]2C(N)=O)S(C)(=O)=O)CC1. The molecule has 3 N–H and O–H groups in total. The number of amides is 4. The minimum Gasteiger partial charge on any atom is -0.461 e. The van der Waals surface area contributed by atoms with E-state index in [2.05, 4.69) is 10.3 Å². The number of benzene rings is 1. The van der Waals surface area contributed by atoms with Crippen molar-refractivity contribution in [3.8, 4) is 0 Å². The molecule has 2 atom stereocenters. The topological polar surface area (TPSA) is 234 Å². The smallest absolute Gasteiger partial charge is 0.437 e. The van der Waals surface area contributed by atoms with E-state index < -0.39 is 81.1 Å². The van der Waals surface area contributed by atoms with Gasteiger partial charge < -0.3 is 34.5 Å². The molecule has 3 rings (SSSR count). The molecule has 59 heavy (non-hydrogen) atoms. The van der Waals surface area contributed by atoms with Crippen molar-refractivity contribution in [2.75, 3.05) is 45.6 Å². The first kappa shape index (κ1) is 48.6. The van der Waals surface area contributed by atoms with Crippen molar-refractivity contribution in [2.45, 2.75) is 111 Å². The Balaban J connectivity index is 1.85. The van der Waals surface area contributed by atoms with Crippen LogP contribution >= 0.6 is 0 Å². The highest BCUT2D eigenvalue weighted by Gasteiger charge is 2.42. The van der Waals surface area contributed by atoms with Crippen LogP contribution in [0.1, 0.15) is 86.6 Å². The summed E-state index contributed by atoms with van der Waals surface area (Å²) in [5, 5.41) is 2.51. The Hall–Kier alpha value is -4.78. The normalized spacial score (nSPS) is 17.5. The van der Waals surface area contributed by atoms with Gasteiger partial charge in [0, 0.05) is 26.2 Å². The van der Waals surface area contributed by atoms with Gasteiger partial charge in [-0.3, -0.25) is 24.5 Å². The molecule has 0 spiro atoms. The Morgan fingerprint density at radius 3 is 1.92 bits per heavy atom. The predicted molar refractivity (Wildman–Crippen MR) is 217 cm³/mol. The third-order valence-electron chi connectivity index (χ3n) is 9.76. The standard InChI is InChI=1S/C40H62N6O12S/c1-26(2)34(49)55-24-39(5,6)57-37(51)42-36(43-38(52)58-40(7,8)25-56-35(50)27(3)4)44-20-17-29(18-21-44)23-46(59(9,53)54)31(22-28-14-11-10-12-15-28)33(48)45-19-13-16-30(45)32(41)47/h10-12,14-15,26-27,29-31H,13,16-25H2,1-9H3,(H2,41,47)(H,42,43,51,52)/t30-,31+/m0/s1. The Bertz CT molecular complexity index is 1790. The number of ether oxygens (including phenoxy) is 4. The molecule has 330 valence electrons. The summed E-state index contributed by atoms with van der Waals surface area (Å²) in [6, 6.07) is 7.02. The van der Waals surface area contributed by atoms with E-state index >= 15 is 0 Å². The van der Waals surface area contributed by atoms with Crippen LogP contribution in [0.4, 0.5) is 9.59 Å². The summed E-state index contributed by atoms with van der Waals surface area (Å²) in [6.45, 7) is 12.9. The van der Waals surface area contributed by atoms with Crippen LogP contribution in [-0.2, 0) is 54.6 Å². The van der Waals surface area contributed by atoms with Gasteiger partial charge in [-0.05, 0) is 71.3 Å². The molecule has 0 aliphatic carbocycles. The van der Waals surface area contributed by atoms with Gasteiger partial charge >= 0.3 is 24.1 Å². The van der Waals surface area contributed by atoms with E-state index in [1.807, 2.05) is 6.07 Å². The molecule has 2 aliphatic rings. The van der Waals surface area contributed by atoms with Gasteiger partial charge in [0.05, 0.1) is 18.1 Å². The van der Waals surface area contributed by atoms with Crippen molar-refractivity contribution in [3.05, 3.63) is 35.9 Å². The molecular weight excluding hydrogens is 789 g/mol. The molecule has 0 bridgehead atoms. The number of carbonyl (C=O) groups excluding carboxylic acids is 6. The molecule has 1 aromatic rings. The highest BCUT2D eigenvalue weighted by Crippen LogP contribution is 2.27. The first-order chi connectivity index (χ1) is 27.4. The van der Waals surface area contributed by atoms with E-state index in [4.69, 9.17) is 24.7 Å². The van der Waals surface area contributed by atoms with E-state index in [1.165, 1.54) is 23.1 Å². The number of alkyl carbamates (subject to hydrolysis) is 1. The van der Waals surface area contributed by atoms with Crippen LogP contribution in [0.5, 0.6) is 0 Å². The number of hydrogen-bond donors (Lipinski definition) is 2. The van der Waals surface area contributed by atoms with E-state index in [-0.39, 0.29) is 57.7 Å². The Morgan fingerprint density at radius 1 is 0.864 bits per heavy atom. The number of hydrogen-bond acceptors (Lipinski definition) is 12. The van der Waals surface area contributed by atoms with E-state index in [0.717, 1.165) is 11.8 Å². The van der Waals surface area contributed by atoms with Gasteiger partial charge in [-0.1, -0.05) is 58.0 Å². The van der Waals surface area contributed by atoms with Gasteiger partial charge in [-0.2, -0.15) is 4.31 Å². The summed E-state index contributed by atoms with van der Waals surface area (Å²) >= 11 is 0. The summed E-state index contributed by atoms with van der Waals surface area (Å²) in [5.41, 5.74) is 3.81. The molecule has 2 fully saturated rings. The Kier molecular flexibility index (Phi) is 17.3. The van der Waals surface area contributed by atoms with E-state index in [9.17, 15) is 37.2 Å². The minimum atomic E-state index is -3.99. The maximum Gasteiger partial charge on any atom is 0.437 e. The summed E-state index contributed by atoms with van der Waals surface area (Å²) in [7, 11) is -3.99. The molecule has 2 heterocycles. The number of nitrogens with two attached hydrogens (primary N) is 1. The lowest BCUT2D eigenvalue weighted by Crippen LogP contribution is -2.56. The number of likely N-dealkylation sites (tertiary alicyclic amines) is 2. The molecule has 0 saturated carbocycles. The molecule has 4 amide bonds. The second kappa shape index (κ2) is 21.0. The first-order valence-electron chi connectivity index (χ1n) is 19.9. The Labute approximate surface area is 347 Å². The summed E-state index contributed by atoms with van der Waals surface area (Å²) in [5.74, 6) is -3.41. The molecule has 18 nitrogen and oxygen atoms in total. The minimum absolute atomic E-state index is 0.0262. The lowest BCUT2D eigenvalue weighted by Gasteiger charge is -2.38. The number of nitrogens with one attached hydrogen (secondary N) is 1. The number of aliphatic imine (C=N–C) groups is 1. The van der Waals surface area contributed by atoms with Crippen LogP contribution in [0, 0.1) is 17.8 Å². The average Bonchev–Trinajstić information content (AvgIpc) is 3.64. The summed E-state index contributed by atoms with van der Waals surface area (Å²) in [6.07, 6.45) is 0.662. The van der Waals surface area contributed by atoms with Crippen molar-refractivity contribution in [1.29, 1.82) is 0 Å². The molecule has 0 radical (unpaired) electrons. The summed E-state index contributed by atoms with van der Waals surface area (Å²) < 4.78 is 49.8. The zero-order chi connectivity index (χ0) is 44.3. The lowest BCUT2D eigenvalue weighted by molar-refractivity contribution is -0.154. The van der Waals surface area contributed by atoms with Crippen molar-refractivity contribution in [1.82, 2.24) is 19.4 Å². The fourth-order valence-electron chi connectivity index (χ4n) is 6.52. The second-order valence-corrected chi connectivity index (χ2v) is 18.9. The summed E-state index contributed by atoms with van der Waals surface area (Å²) in [4.78, 5) is 84.1. The van der Waals surface area contributed by atoms with Crippen LogP contribution < -0.4 is 11.1 Å². The van der Waals surface area contributed by atoms with Gasteiger partial charge in [0.15, 0.2) is 0 Å². The maximum absolute atomic E-state index is 14.2. The van der Waals surface area contributed by atoms with Crippen LogP contribution in [0.2, 0.25) is 0 Å². The fourth-order valence-corrected chi connectivity index (χ4v) is 7.62. The second-order valence-electron chi connectivity index (χ2n) is 16.9. The van der Waals surface area contributed by atoms with Crippen molar-refractivity contribution >= 4 is 51.9 Å². The number of primary amides is 1. The number of nitrogens with zero attached hydrogens (tertiary/aromatic N) is 4. The molecule has 19 heteroatoms. The van der Waals surface area contributed by atoms with Gasteiger partial charge in [-0.15, -0.1) is 4.99 Å². The molecule has 0 aromatic heterocycles. The molecule has 2 saturated heterocycles. The molecule has 2 aliphatic heterocycles. The third-order valence-corrected chi connectivity index (χ3v) is 11.0. The first-order valence-corrected chi connectivity index (χ1v) is 21.7. The van der Waals surface area contributed by atoms with Crippen molar-refractivity contribution in [2.24, 2.45) is 28.5 Å². The number of carbonyl (C=O) groups is 6. The number of sulfonamides is 1. The zero-order valence-electron chi connectivity index (χ0n) is 35.7. The van der Waals surface area contributed by atoms with Crippen molar-refractivity contribution in [3.63, 3.8) is 0 Å². The van der Waals surface area contributed by atoms with E-state index in [0.29, 0.717) is 25.7 Å². The number of rotatable bonds is 16. The highest BCUT2D eigenvalue weighted by molar-refractivity contribution is 7.88. The molecule has 1 aromatic carbocycles. The third kappa shape index (κ3) is 15.4. The largest absolute Gasteiger partial charge is 0.461 e. The van der Waals surface area contributed by atoms with Gasteiger partial charge in [-0.25, -0.2) is 18.0 Å². The number of guanidine groups is 1. The predicted octanol–water partition coefficient (Wildman–Crippen LogP) is 3.22. The van der Waals surface area contributed by atoms with Gasteiger partial charge in [0.25, 0.3) is 0 Å². The number of piperidine rings is 1. The quantitative estimate of drug-likeness (QED) is 0.105. The van der Waals surface area contributed by atoms with Crippen LogP contribution in [-0.4, -0.2) is 133 Å². The zero-order valence-corrected chi connectivity index (χ0v) is 36.5. The number of esters is 2. The van der Waals surface area contributed by atoms with Crippen LogP contribution in [0.3, 0.4) is 0 Å². The fraction of sp³-hybridized carbons (Fsp3) is 0.675. The monoisotopic (exact) mass is 850 g/mol. The molecule has 0 unspecified atom stereocenters. The van der Waals surface area contributed by atoms with Crippen molar-refractivity contribution < 1.29 is 56.1 Å². The maximum atomic E-state index is 14.2. The van der Waals surface area contributed by atoms with E-state index in [1.54, 1.807) is 70.7 Å². The average molecular weight is 851 g/mol. The highest BCUT2D eigenvalue weighted by atomic mass is 32.2. The lowest BCUT2D eigenvalue weighted by atomic mass is 9.95. The van der Waals surface area contributed by atoms with Crippen LogP contribution in [0.25, 0.3) is 0 Å².